The topological polar surface area (TPSA) is 12.0 Å². The van der Waals surface area contributed by atoms with E-state index < -0.39 is 0 Å². The molecule has 0 spiro atoms. The summed E-state index contributed by atoms with van der Waals surface area (Å²) in [6, 6.07) is 16.0. The van der Waals surface area contributed by atoms with Gasteiger partial charge in [0.2, 0.25) is 0 Å². The molecule has 0 saturated carbocycles. The Balaban J connectivity index is 1.77. The van der Waals surface area contributed by atoms with Gasteiger partial charge < -0.3 is 5.32 Å². The van der Waals surface area contributed by atoms with Gasteiger partial charge in [0.05, 0.1) is 0 Å². The van der Waals surface area contributed by atoms with E-state index in [9.17, 15) is 4.39 Å². The summed E-state index contributed by atoms with van der Waals surface area (Å²) in [4.78, 5) is 0. The van der Waals surface area contributed by atoms with Crippen molar-refractivity contribution in [1.82, 2.24) is 5.32 Å². The largest absolute Gasteiger partial charge is 0.309 e. The number of nitrogens with one attached hydrogen (secondary N) is 1. The number of rotatable bonds is 2. The first-order valence-corrected chi connectivity index (χ1v) is 6.36. The highest BCUT2D eigenvalue weighted by atomic mass is 19.1. The Labute approximate surface area is 107 Å². The molecule has 1 atom stereocenters. The second kappa shape index (κ2) is 4.91. The molecule has 0 radical (unpaired) electrons. The molecule has 2 aromatic carbocycles. The third kappa shape index (κ3) is 2.29. The highest BCUT2D eigenvalue weighted by Crippen LogP contribution is 2.21. The van der Waals surface area contributed by atoms with Crippen molar-refractivity contribution >= 4 is 0 Å². The van der Waals surface area contributed by atoms with Crippen LogP contribution in [0.1, 0.15) is 16.7 Å². The second-order valence-corrected chi connectivity index (χ2v) is 4.85. The molecule has 1 nitrogen and oxygen atoms in total. The zero-order valence-electron chi connectivity index (χ0n) is 10.2. The Morgan fingerprint density at radius 1 is 1.06 bits per heavy atom. The van der Waals surface area contributed by atoms with Crippen LogP contribution >= 0.6 is 0 Å². The van der Waals surface area contributed by atoms with Crippen molar-refractivity contribution in [2.75, 3.05) is 0 Å². The number of hydrogen-bond donors (Lipinski definition) is 1. The van der Waals surface area contributed by atoms with Crippen LogP contribution in [0, 0.1) is 5.82 Å². The standard InChI is InChI=1S/C16H16FN/c17-16-8-4-7-13-11-18-14(10-15(13)16)9-12-5-2-1-3-6-12/h1-8,14,18H,9-11H2. The van der Waals surface area contributed by atoms with E-state index in [4.69, 9.17) is 0 Å². The fourth-order valence-corrected chi connectivity index (χ4v) is 2.61. The molecule has 1 N–H and O–H groups in total. The van der Waals surface area contributed by atoms with Crippen LogP contribution in [-0.2, 0) is 19.4 Å². The SMILES string of the molecule is Fc1cccc2c1CC(Cc1ccccc1)NC2. The Hall–Kier alpha value is -1.67. The lowest BCUT2D eigenvalue weighted by Crippen LogP contribution is -2.37. The van der Waals surface area contributed by atoms with Crippen LogP contribution in [-0.4, -0.2) is 6.04 Å². The maximum absolute atomic E-state index is 13.8. The van der Waals surface area contributed by atoms with Gasteiger partial charge in [0.1, 0.15) is 5.82 Å². The van der Waals surface area contributed by atoms with E-state index in [2.05, 4.69) is 17.4 Å². The minimum atomic E-state index is -0.0629. The average molecular weight is 241 g/mol. The van der Waals surface area contributed by atoms with E-state index in [-0.39, 0.29) is 5.82 Å². The molecule has 0 aromatic heterocycles. The van der Waals surface area contributed by atoms with E-state index >= 15 is 0 Å². The molecule has 1 heterocycles. The summed E-state index contributed by atoms with van der Waals surface area (Å²) in [7, 11) is 0. The van der Waals surface area contributed by atoms with Crippen LogP contribution in [0.15, 0.2) is 48.5 Å². The van der Waals surface area contributed by atoms with Crippen LogP contribution in [0.3, 0.4) is 0 Å². The fourth-order valence-electron chi connectivity index (χ4n) is 2.61. The zero-order chi connectivity index (χ0) is 12.4. The van der Waals surface area contributed by atoms with E-state index in [1.807, 2.05) is 24.3 Å². The van der Waals surface area contributed by atoms with Crippen LogP contribution in [0.4, 0.5) is 4.39 Å². The number of fused-ring (bicyclic) bond motifs is 1. The van der Waals surface area contributed by atoms with Gasteiger partial charge in [-0.3, -0.25) is 0 Å². The summed E-state index contributed by atoms with van der Waals surface area (Å²) in [5, 5.41) is 3.48. The maximum Gasteiger partial charge on any atom is 0.126 e. The van der Waals surface area contributed by atoms with Crippen molar-refractivity contribution in [3.63, 3.8) is 0 Å². The van der Waals surface area contributed by atoms with Gasteiger partial charge in [0.25, 0.3) is 0 Å². The van der Waals surface area contributed by atoms with Crippen LogP contribution < -0.4 is 5.32 Å². The molecule has 0 saturated heterocycles. The summed E-state index contributed by atoms with van der Waals surface area (Å²) in [6.07, 6.45) is 1.73. The van der Waals surface area contributed by atoms with E-state index in [1.54, 1.807) is 12.1 Å². The quantitative estimate of drug-likeness (QED) is 0.852. The first-order valence-electron chi connectivity index (χ1n) is 6.36. The smallest absolute Gasteiger partial charge is 0.126 e. The maximum atomic E-state index is 13.8. The van der Waals surface area contributed by atoms with Crippen LogP contribution in [0.25, 0.3) is 0 Å². The predicted octanol–water partition coefficient (Wildman–Crippen LogP) is 3.08. The first-order chi connectivity index (χ1) is 8.83. The molecule has 0 fully saturated rings. The normalized spacial score (nSPS) is 18.4. The molecule has 0 aliphatic carbocycles. The van der Waals surface area contributed by atoms with Crippen LogP contribution in [0.5, 0.6) is 0 Å². The van der Waals surface area contributed by atoms with E-state index in [0.717, 1.165) is 30.5 Å². The third-order valence-electron chi connectivity index (χ3n) is 3.57. The monoisotopic (exact) mass is 241 g/mol. The molecule has 0 amide bonds. The van der Waals surface area contributed by atoms with Gasteiger partial charge >= 0.3 is 0 Å². The van der Waals surface area contributed by atoms with Crippen molar-refractivity contribution in [1.29, 1.82) is 0 Å². The summed E-state index contributed by atoms with van der Waals surface area (Å²) in [6.45, 7) is 0.768. The Kier molecular flexibility index (Phi) is 3.11. The lowest BCUT2D eigenvalue weighted by Gasteiger charge is -2.26. The lowest BCUT2D eigenvalue weighted by molar-refractivity contribution is 0.460. The highest BCUT2D eigenvalue weighted by Gasteiger charge is 2.20. The fraction of sp³-hybridized carbons (Fsp3) is 0.250. The lowest BCUT2D eigenvalue weighted by atomic mass is 9.92. The first kappa shape index (κ1) is 11.4. The third-order valence-corrected chi connectivity index (χ3v) is 3.57. The van der Waals surface area contributed by atoms with Crippen molar-refractivity contribution in [3.8, 4) is 0 Å². The molecular formula is C16H16FN. The number of benzene rings is 2. The number of hydrogen-bond acceptors (Lipinski definition) is 1. The summed E-state index contributed by atoms with van der Waals surface area (Å²) < 4.78 is 13.8. The molecule has 3 rings (SSSR count). The Morgan fingerprint density at radius 2 is 1.89 bits per heavy atom. The number of halogens is 1. The Morgan fingerprint density at radius 3 is 2.72 bits per heavy atom. The molecule has 1 aliphatic rings. The van der Waals surface area contributed by atoms with Crippen molar-refractivity contribution in [3.05, 3.63) is 71.0 Å². The van der Waals surface area contributed by atoms with Crippen molar-refractivity contribution < 1.29 is 4.39 Å². The van der Waals surface area contributed by atoms with Gasteiger partial charge in [-0.15, -0.1) is 0 Å². The summed E-state index contributed by atoms with van der Waals surface area (Å²) in [5.41, 5.74) is 3.28. The van der Waals surface area contributed by atoms with E-state index in [0.29, 0.717) is 6.04 Å². The zero-order valence-corrected chi connectivity index (χ0v) is 10.2. The average Bonchev–Trinajstić information content (AvgIpc) is 2.41. The highest BCUT2D eigenvalue weighted by molar-refractivity contribution is 5.32. The molecule has 0 bridgehead atoms. The predicted molar refractivity (Wildman–Crippen MR) is 70.9 cm³/mol. The van der Waals surface area contributed by atoms with Crippen molar-refractivity contribution in [2.45, 2.75) is 25.4 Å². The molecule has 2 aromatic rings. The summed E-state index contributed by atoms with van der Waals surface area (Å²) in [5.74, 6) is -0.0629. The molecule has 1 unspecified atom stereocenters. The minimum Gasteiger partial charge on any atom is -0.309 e. The van der Waals surface area contributed by atoms with Gasteiger partial charge in [-0.05, 0) is 35.6 Å². The molecule has 18 heavy (non-hydrogen) atoms. The molecule has 92 valence electrons. The molecular weight excluding hydrogens is 225 g/mol. The Bertz CT molecular complexity index is 536. The van der Waals surface area contributed by atoms with Crippen LogP contribution in [0.2, 0.25) is 0 Å². The van der Waals surface area contributed by atoms with E-state index in [1.165, 1.54) is 5.56 Å². The van der Waals surface area contributed by atoms with Crippen molar-refractivity contribution in [2.24, 2.45) is 0 Å². The minimum absolute atomic E-state index is 0.0629. The van der Waals surface area contributed by atoms with Gasteiger partial charge in [0, 0.05) is 12.6 Å². The summed E-state index contributed by atoms with van der Waals surface area (Å²) >= 11 is 0. The van der Waals surface area contributed by atoms with Gasteiger partial charge in [-0.2, -0.15) is 0 Å². The second-order valence-electron chi connectivity index (χ2n) is 4.85. The molecule has 1 aliphatic heterocycles. The van der Waals surface area contributed by atoms with Gasteiger partial charge in [-0.25, -0.2) is 4.39 Å². The van der Waals surface area contributed by atoms with Gasteiger partial charge in [0.15, 0.2) is 0 Å². The van der Waals surface area contributed by atoms with Gasteiger partial charge in [-0.1, -0.05) is 42.5 Å². The molecule has 2 heteroatoms.